The molecule has 0 radical (unpaired) electrons. The molecule has 0 atom stereocenters. The predicted molar refractivity (Wildman–Crippen MR) is 44.8 cm³/mol. The third-order valence-electron chi connectivity index (χ3n) is 0.902. The summed E-state index contributed by atoms with van der Waals surface area (Å²) in [6.07, 6.45) is 5.49. The molecule has 0 bridgehead atoms. The molecular formula is C4H7F6N2O2PS. The average molecular weight is 292 g/mol. The summed E-state index contributed by atoms with van der Waals surface area (Å²) < 4.78 is 81.6. The van der Waals surface area contributed by atoms with E-state index in [1.807, 2.05) is 0 Å². The van der Waals surface area contributed by atoms with E-state index in [0.29, 0.717) is 0 Å². The molecule has 0 aliphatic carbocycles. The van der Waals surface area contributed by atoms with Crippen LogP contribution in [0, 0.1) is 0 Å². The Balaban J connectivity index is 0.000000293. The fraction of sp³-hybridized carbons (Fsp3) is 0.250. The molecule has 1 N–H and O–H groups in total. The number of H-pyrrole nitrogens is 1. The van der Waals surface area contributed by atoms with E-state index < -0.39 is 17.8 Å². The first-order valence-electron chi connectivity index (χ1n) is 3.37. The van der Waals surface area contributed by atoms with Gasteiger partial charge in [-0.05, 0) is 0 Å². The van der Waals surface area contributed by atoms with Gasteiger partial charge in [0.25, 0.3) is 6.33 Å². The molecule has 12 heteroatoms. The SMILES string of the molecule is CS(=O)(=O)[n+]1cc[nH]c1.F[P-](F)(F)(F)(F)F. The molecule has 0 saturated heterocycles. The number of halogens is 6. The van der Waals surface area contributed by atoms with E-state index in [1.54, 1.807) is 6.20 Å². The van der Waals surface area contributed by atoms with Gasteiger partial charge in [-0.1, -0.05) is 0 Å². The third-order valence-corrected chi connectivity index (χ3v) is 1.90. The molecule has 98 valence electrons. The maximum absolute atomic E-state index is 10.7. The number of nitrogens with zero attached hydrogens (tertiary/aromatic N) is 1. The van der Waals surface area contributed by atoms with Crippen molar-refractivity contribution in [1.82, 2.24) is 4.98 Å². The molecule has 0 saturated carbocycles. The normalized spacial score (nSPS) is 16.7. The van der Waals surface area contributed by atoms with Gasteiger partial charge in [0.05, 0.1) is 6.26 Å². The van der Waals surface area contributed by atoms with Crippen LogP contribution in [0.1, 0.15) is 0 Å². The van der Waals surface area contributed by atoms with Gasteiger partial charge in [-0.25, -0.2) is 4.98 Å². The van der Waals surface area contributed by atoms with Gasteiger partial charge in [0.15, 0.2) is 0 Å². The zero-order chi connectivity index (χ0) is 13.3. The molecule has 0 aromatic carbocycles. The molecule has 4 nitrogen and oxygen atoms in total. The van der Waals surface area contributed by atoms with Crippen LogP contribution in [0.4, 0.5) is 25.2 Å². The Morgan fingerprint density at radius 3 is 1.62 bits per heavy atom. The van der Waals surface area contributed by atoms with Crippen molar-refractivity contribution in [2.24, 2.45) is 0 Å². The summed E-state index contributed by atoms with van der Waals surface area (Å²) in [6, 6.07) is 0. The number of aromatic amines is 1. The van der Waals surface area contributed by atoms with Crippen molar-refractivity contribution in [2.45, 2.75) is 0 Å². The van der Waals surface area contributed by atoms with Crippen LogP contribution >= 0.6 is 7.81 Å². The summed E-state index contributed by atoms with van der Waals surface area (Å²) in [7, 11) is -13.7. The molecule has 1 aromatic heterocycles. The average Bonchev–Trinajstić information content (AvgIpc) is 2.24. The van der Waals surface area contributed by atoms with Crippen molar-refractivity contribution in [2.75, 3.05) is 6.26 Å². The number of imidazole rings is 1. The first-order chi connectivity index (χ1) is 6.55. The molecule has 0 fully saturated rings. The monoisotopic (exact) mass is 292 g/mol. The summed E-state index contributed by atoms with van der Waals surface area (Å²) in [5.74, 6) is 0. The van der Waals surface area contributed by atoms with E-state index in [2.05, 4.69) is 4.98 Å². The number of hydrogen-bond donors (Lipinski definition) is 1. The molecule has 1 aromatic rings. The van der Waals surface area contributed by atoms with Gasteiger partial charge in [0.2, 0.25) is 0 Å². The van der Waals surface area contributed by atoms with Crippen molar-refractivity contribution in [3.8, 4) is 0 Å². The van der Waals surface area contributed by atoms with E-state index in [9.17, 15) is 33.6 Å². The summed E-state index contributed by atoms with van der Waals surface area (Å²) >= 11 is 0. The first-order valence-corrected chi connectivity index (χ1v) is 7.24. The topological polar surface area (TPSA) is 53.8 Å². The number of aromatic nitrogens is 2. The Labute approximate surface area is 86.2 Å². The van der Waals surface area contributed by atoms with Gasteiger partial charge >= 0.3 is 43.0 Å². The zero-order valence-electron chi connectivity index (χ0n) is 7.62. The zero-order valence-corrected chi connectivity index (χ0v) is 9.33. The number of nitrogens with one attached hydrogen (secondary N) is 1. The molecule has 0 amide bonds. The Kier molecular flexibility index (Phi) is 3.16. The van der Waals surface area contributed by atoms with Crippen LogP contribution in [0.5, 0.6) is 0 Å². The maximum atomic E-state index is 10.6. The summed E-state index contributed by atoms with van der Waals surface area (Å²) in [6.45, 7) is 0. The molecule has 0 spiro atoms. The molecule has 0 unspecified atom stereocenters. The van der Waals surface area contributed by atoms with Crippen LogP contribution in [0.2, 0.25) is 0 Å². The van der Waals surface area contributed by atoms with Gasteiger partial charge in [0.1, 0.15) is 12.4 Å². The van der Waals surface area contributed by atoms with Crippen molar-refractivity contribution in [1.29, 1.82) is 0 Å². The number of hydrogen-bond acceptors (Lipinski definition) is 2. The Morgan fingerprint density at radius 1 is 1.12 bits per heavy atom. The van der Waals surface area contributed by atoms with E-state index in [0.717, 1.165) is 10.2 Å². The first kappa shape index (κ1) is 15.2. The van der Waals surface area contributed by atoms with E-state index in [-0.39, 0.29) is 0 Å². The Bertz CT molecular complexity index is 436. The van der Waals surface area contributed by atoms with Crippen molar-refractivity contribution < 1.29 is 37.6 Å². The van der Waals surface area contributed by atoms with Gasteiger partial charge in [-0.2, -0.15) is 8.42 Å². The van der Waals surface area contributed by atoms with Crippen molar-refractivity contribution in [3.63, 3.8) is 0 Å². The van der Waals surface area contributed by atoms with Crippen LogP contribution in [0.15, 0.2) is 18.7 Å². The van der Waals surface area contributed by atoms with Crippen LogP contribution in [-0.2, 0) is 10.0 Å². The predicted octanol–water partition coefficient (Wildman–Crippen LogP) is 2.49. The molecule has 0 aliphatic rings. The molecule has 1 rings (SSSR count). The Morgan fingerprint density at radius 2 is 1.50 bits per heavy atom. The van der Waals surface area contributed by atoms with Crippen LogP contribution in [0.3, 0.4) is 0 Å². The van der Waals surface area contributed by atoms with Gasteiger partial charge in [-0.15, -0.1) is 3.97 Å². The molecule has 0 aliphatic heterocycles. The van der Waals surface area contributed by atoms with Crippen molar-refractivity contribution >= 4 is 17.8 Å². The Hall–Kier alpha value is -0.830. The quantitative estimate of drug-likeness (QED) is 0.491. The summed E-state index contributed by atoms with van der Waals surface area (Å²) in [5.41, 5.74) is 0. The molecule has 1 heterocycles. The second-order valence-electron chi connectivity index (χ2n) is 2.66. The number of rotatable bonds is 1. The minimum absolute atomic E-state index is 1.10. The second-order valence-corrected chi connectivity index (χ2v) is 6.47. The molecule has 16 heavy (non-hydrogen) atoms. The third kappa shape index (κ3) is 13.2. The minimum atomic E-state index is -10.7. The second kappa shape index (κ2) is 3.33. The summed E-state index contributed by atoms with van der Waals surface area (Å²) in [5, 5.41) is 0. The van der Waals surface area contributed by atoms with E-state index >= 15 is 0 Å². The van der Waals surface area contributed by atoms with Gasteiger partial charge in [0, 0.05) is 0 Å². The van der Waals surface area contributed by atoms with Crippen LogP contribution < -0.4 is 3.97 Å². The van der Waals surface area contributed by atoms with E-state index in [4.69, 9.17) is 0 Å². The van der Waals surface area contributed by atoms with Crippen LogP contribution in [0.25, 0.3) is 0 Å². The van der Waals surface area contributed by atoms with Crippen LogP contribution in [-0.4, -0.2) is 19.7 Å². The fourth-order valence-corrected chi connectivity index (χ4v) is 1.02. The van der Waals surface area contributed by atoms with E-state index in [1.165, 1.54) is 12.5 Å². The summed E-state index contributed by atoms with van der Waals surface area (Å²) in [4.78, 5) is 2.62. The van der Waals surface area contributed by atoms with Gasteiger partial charge in [-0.3, -0.25) is 0 Å². The molecular weight excluding hydrogens is 285 g/mol. The standard InChI is InChI=1S/C4H6N2O2S.F6P/c1-9(7,8)6-3-2-5-4-6;1-7(2,3,4,5)6/h2-4H,1H3;/q;-1/p+1. The van der Waals surface area contributed by atoms with Crippen molar-refractivity contribution in [3.05, 3.63) is 18.7 Å². The fourth-order valence-electron chi connectivity index (χ4n) is 0.482. The van der Waals surface area contributed by atoms with Gasteiger partial charge < -0.3 is 0 Å².